The molecule has 158 valence electrons. The van der Waals surface area contributed by atoms with Crippen molar-refractivity contribution in [3.8, 4) is 0 Å². The van der Waals surface area contributed by atoms with Crippen LogP contribution in [0.1, 0.15) is 18.3 Å². The minimum atomic E-state index is -3.27. The smallest absolute Gasteiger partial charge is 0.240 e. The number of hydrogen-bond donors (Lipinski definition) is 1. The van der Waals surface area contributed by atoms with Gasteiger partial charge in [-0.05, 0) is 37.1 Å². The molecule has 0 aliphatic carbocycles. The van der Waals surface area contributed by atoms with Gasteiger partial charge in [0, 0.05) is 31.1 Å². The molecule has 0 bridgehead atoms. The third-order valence-electron chi connectivity index (χ3n) is 5.45. The second-order valence-electron chi connectivity index (χ2n) is 7.90. The predicted octanol–water partition coefficient (Wildman–Crippen LogP) is 2.15. The molecule has 0 radical (unpaired) electrons. The summed E-state index contributed by atoms with van der Waals surface area (Å²) in [5.41, 5.74) is 4.02. The molecule has 1 aliphatic rings. The van der Waals surface area contributed by atoms with Crippen LogP contribution in [-0.2, 0) is 33.4 Å². The van der Waals surface area contributed by atoms with E-state index in [0.717, 1.165) is 18.5 Å². The van der Waals surface area contributed by atoms with Crippen molar-refractivity contribution in [2.24, 2.45) is 0 Å². The van der Waals surface area contributed by atoms with Crippen LogP contribution >= 0.6 is 0 Å². The summed E-state index contributed by atoms with van der Waals surface area (Å²) in [6, 6.07) is 16.1. The number of imidazole rings is 1. The molecular weight excluding hydrogens is 400 g/mol. The predicted molar refractivity (Wildman–Crippen MR) is 118 cm³/mol. The summed E-state index contributed by atoms with van der Waals surface area (Å²) in [4.78, 5) is 19.4. The summed E-state index contributed by atoms with van der Waals surface area (Å²) in [5, 5.41) is 2.98. The number of nitrogens with one attached hydrogen (secondary N) is 1. The number of carbonyl (C=O) groups excluding carboxylic acids is 1. The van der Waals surface area contributed by atoms with Crippen LogP contribution in [0.15, 0.2) is 48.5 Å². The summed E-state index contributed by atoms with van der Waals surface area (Å²) in [7, 11) is -3.27. The van der Waals surface area contributed by atoms with Crippen molar-refractivity contribution >= 4 is 32.5 Å². The zero-order chi connectivity index (χ0) is 21.3. The maximum atomic E-state index is 12.6. The molecule has 2 aromatic carbocycles. The highest BCUT2D eigenvalue weighted by atomic mass is 32.2. The van der Waals surface area contributed by atoms with Crippen LogP contribution in [0.3, 0.4) is 0 Å². The Labute approximate surface area is 176 Å². The molecule has 0 saturated carbocycles. The minimum absolute atomic E-state index is 0.0392. The number of aromatic nitrogens is 2. The second kappa shape index (κ2) is 8.10. The number of fused-ring (bicyclic) bond motifs is 2. The van der Waals surface area contributed by atoms with E-state index in [1.54, 1.807) is 4.57 Å². The second-order valence-corrected chi connectivity index (χ2v) is 10.0. The molecule has 0 spiro atoms. The third-order valence-corrected chi connectivity index (χ3v) is 6.23. The van der Waals surface area contributed by atoms with Gasteiger partial charge in [-0.2, -0.15) is 0 Å². The largest absolute Gasteiger partial charge is 0.367 e. The van der Waals surface area contributed by atoms with Gasteiger partial charge in [0.05, 0.1) is 11.0 Å². The summed E-state index contributed by atoms with van der Waals surface area (Å²) < 4.78 is 25.3. The molecule has 1 aliphatic heterocycles. The lowest BCUT2D eigenvalue weighted by atomic mass is 10.1. The number of rotatable bonds is 7. The highest BCUT2D eigenvalue weighted by Gasteiger charge is 2.25. The molecule has 7 nitrogen and oxygen atoms in total. The van der Waals surface area contributed by atoms with Crippen LogP contribution in [0.5, 0.6) is 0 Å². The van der Waals surface area contributed by atoms with Gasteiger partial charge in [0.1, 0.15) is 18.1 Å². The van der Waals surface area contributed by atoms with Crippen molar-refractivity contribution in [3.05, 3.63) is 59.9 Å². The molecule has 4 rings (SSSR count). The number of amides is 1. The molecule has 1 atom stereocenters. The number of para-hydroxylation sites is 3. The zero-order valence-corrected chi connectivity index (χ0v) is 18.0. The molecule has 1 aromatic heterocycles. The lowest BCUT2D eigenvalue weighted by Crippen LogP contribution is -2.39. The van der Waals surface area contributed by atoms with Crippen LogP contribution in [0.2, 0.25) is 0 Å². The highest BCUT2D eigenvalue weighted by Crippen LogP contribution is 2.31. The van der Waals surface area contributed by atoms with Crippen LogP contribution in [0.25, 0.3) is 11.0 Å². The van der Waals surface area contributed by atoms with Gasteiger partial charge in [0.2, 0.25) is 5.91 Å². The van der Waals surface area contributed by atoms with Gasteiger partial charge < -0.3 is 14.8 Å². The van der Waals surface area contributed by atoms with Crippen molar-refractivity contribution in [1.82, 2.24) is 14.9 Å². The van der Waals surface area contributed by atoms with Gasteiger partial charge >= 0.3 is 0 Å². The molecule has 2 heterocycles. The Morgan fingerprint density at radius 2 is 1.90 bits per heavy atom. The fraction of sp³-hybridized carbons (Fsp3) is 0.364. The fourth-order valence-corrected chi connectivity index (χ4v) is 4.82. The summed E-state index contributed by atoms with van der Waals surface area (Å²) in [5.74, 6) is 0.0285. The monoisotopic (exact) mass is 426 g/mol. The van der Waals surface area contributed by atoms with Gasteiger partial charge in [0.25, 0.3) is 0 Å². The first kappa shape index (κ1) is 20.4. The van der Waals surface area contributed by atoms with E-state index < -0.39 is 9.84 Å². The van der Waals surface area contributed by atoms with E-state index >= 15 is 0 Å². The third kappa shape index (κ3) is 4.33. The molecule has 0 fully saturated rings. The molecule has 3 aromatic rings. The zero-order valence-electron chi connectivity index (χ0n) is 17.2. The van der Waals surface area contributed by atoms with Gasteiger partial charge in [-0.1, -0.05) is 30.3 Å². The number of benzene rings is 2. The first-order valence-electron chi connectivity index (χ1n) is 10.0. The Kier molecular flexibility index (Phi) is 5.51. The van der Waals surface area contributed by atoms with Crippen molar-refractivity contribution in [3.63, 3.8) is 0 Å². The standard InChI is InChI=1S/C22H26N4O3S/c1-16-13-17-7-3-5-9-19(17)25(16)12-11-23-22(27)14-26-20-10-6-4-8-18(20)24-21(26)15-30(2,28)29/h3-10,16H,11-15H2,1-2H3,(H,23,27). The van der Waals surface area contributed by atoms with Crippen molar-refractivity contribution in [2.45, 2.75) is 31.7 Å². The van der Waals surface area contributed by atoms with E-state index in [1.807, 2.05) is 30.3 Å². The lowest BCUT2D eigenvalue weighted by molar-refractivity contribution is -0.121. The van der Waals surface area contributed by atoms with Crippen molar-refractivity contribution in [2.75, 3.05) is 24.2 Å². The van der Waals surface area contributed by atoms with Crippen molar-refractivity contribution in [1.29, 1.82) is 0 Å². The number of carbonyl (C=O) groups is 1. The van der Waals surface area contributed by atoms with E-state index in [2.05, 4.69) is 40.3 Å². The van der Waals surface area contributed by atoms with Gasteiger partial charge in [-0.25, -0.2) is 13.4 Å². The van der Waals surface area contributed by atoms with Crippen LogP contribution in [0, 0.1) is 0 Å². The summed E-state index contributed by atoms with van der Waals surface area (Å²) in [6.45, 7) is 3.48. The number of anilines is 1. The molecule has 0 saturated heterocycles. The van der Waals surface area contributed by atoms with Gasteiger partial charge in [-0.15, -0.1) is 0 Å². The van der Waals surface area contributed by atoms with Crippen LogP contribution in [0.4, 0.5) is 5.69 Å². The average molecular weight is 427 g/mol. The maximum absolute atomic E-state index is 12.6. The summed E-state index contributed by atoms with van der Waals surface area (Å²) in [6.07, 6.45) is 2.19. The molecule has 8 heteroatoms. The van der Waals surface area contributed by atoms with E-state index in [1.165, 1.54) is 17.5 Å². The summed E-state index contributed by atoms with van der Waals surface area (Å²) >= 11 is 0. The Morgan fingerprint density at radius 1 is 1.17 bits per heavy atom. The van der Waals surface area contributed by atoms with Gasteiger partial charge in [-0.3, -0.25) is 4.79 Å². The SMILES string of the molecule is CC1Cc2ccccc2N1CCNC(=O)Cn1c(CS(C)(=O)=O)nc2ccccc21. The van der Waals surface area contributed by atoms with E-state index in [9.17, 15) is 13.2 Å². The van der Waals surface area contributed by atoms with Crippen LogP contribution < -0.4 is 10.2 Å². The number of hydrogen-bond acceptors (Lipinski definition) is 5. The normalized spacial score (nSPS) is 16.1. The molecular formula is C22H26N4O3S. The van der Waals surface area contributed by atoms with Crippen LogP contribution in [-0.4, -0.2) is 49.3 Å². The average Bonchev–Trinajstić information content (AvgIpc) is 3.18. The quantitative estimate of drug-likeness (QED) is 0.626. The van der Waals surface area contributed by atoms with Crippen molar-refractivity contribution < 1.29 is 13.2 Å². The lowest BCUT2D eigenvalue weighted by Gasteiger charge is -2.25. The molecule has 1 N–H and O–H groups in total. The Hall–Kier alpha value is -2.87. The van der Waals surface area contributed by atoms with E-state index in [4.69, 9.17) is 0 Å². The number of nitrogens with zero attached hydrogens (tertiary/aromatic N) is 3. The first-order valence-corrected chi connectivity index (χ1v) is 12.1. The van der Waals surface area contributed by atoms with E-state index in [-0.39, 0.29) is 18.2 Å². The molecule has 1 unspecified atom stereocenters. The first-order chi connectivity index (χ1) is 14.3. The Bertz CT molecular complexity index is 1190. The van der Waals surface area contributed by atoms with E-state index in [0.29, 0.717) is 23.9 Å². The minimum Gasteiger partial charge on any atom is -0.367 e. The molecule has 30 heavy (non-hydrogen) atoms. The fourth-order valence-electron chi connectivity index (χ4n) is 4.13. The Morgan fingerprint density at radius 3 is 2.70 bits per heavy atom. The topological polar surface area (TPSA) is 84.3 Å². The maximum Gasteiger partial charge on any atom is 0.240 e. The highest BCUT2D eigenvalue weighted by molar-refractivity contribution is 7.89. The Balaban J connectivity index is 1.43. The van der Waals surface area contributed by atoms with Gasteiger partial charge in [0.15, 0.2) is 9.84 Å². The number of sulfone groups is 1. The molecule has 1 amide bonds.